The number of anilines is 2. The average molecular weight is 548 g/mol. The van der Waals surface area contributed by atoms with Crippen molar-refractivity contribution in [1.82, 2.24) is 0 Å². The molecule has 0 aliphatic carbocycles. The molecule has 0 saturated heterocycles. The molecule has 3 nitrogen and oxygen atoms in total. The van der Waals surface area contributed by atoms with Gasteiger partial charge in [-0.15, -0.1) is 0 Å². The zero-order valence-electron chi connectivity index (χ0n) is 23.8. The van der Waals surface area contributed by atoms with Gasteiger partial charge < -0.3 is 15.5 Å². The molecule has 0 aromatic heterocycles. The van der Waals surface area contributed by atoms with Crippen LogP contribution in [0, 0.1) is 6.92 Å². The third-order valence-corrected chi connectivity index (χ3v) is 8.21. The summed E-state index contributed by atoms with van der Waals surface area (Å²) >= 11 is 0. The second kappa shape index (κ2) is 11.3. The van der Waals surface area contributed by atoms with Crippen molar-refractivity contribution in [3.8, 4) is 33.8 Å². The van der Waals surface area contributed by atoms with E-state index in [4.69, 9.17) is 0 Å². The predicted octanol–water partition coefficient (Wildman–Crippen LogP) is 9.84. The number of benzene rings is 6. The number of nitrogens with one attached hydrogen (secondary N) is 1. The Balaban J connectivity index is 1.44. The molecule has 0 aliphatic rings. The first-order chi connectivity index (χ1) is 20.4. The van der Waals surface area contributed by atoms with Crippen LogP contribution in [0.1, 0.15) is 29.2 Å². The SMILES string of the molecule is Cc1ccccc1-c1cccc(-c2ccccc2)c1Nc1ccc(C(C)(c2ccc(O)cc2)c2ccc(O)cc2)cc1. The number of aryl methyl sites for hydroxylation is 1. The Morgan fingerprint density at radius 1 is 0.476 bits per heavy atom. The Morgan fingerprint density at radius 2 is 0.952 bits per heavy atom. The van der Waals surface area contributed by atoms with Crippen molar-refractivity contribution in [3.05, 3.63) is 168 Å². The second-order valence-corrected chi connectivity index (χ2v) is 10.8. The van der Waals surface area contributed by atoms with Crippen molar-refractivity contribution in [1.29, 1.82) is 0 Å². The molecule has 6 rings (SSSR count). The Bertz CT molecular complexity index is 1760. The summed E-state index contributed by atoms with van der Waals surface area (Å²) in [5.74, 6) is 0.459. The number of phenolic OH excluding ortho intramolecular Hbond substituents is 2. The van der Waals surface area contributed by atoms with Gasteiger partial charge in [-0.3, -0.25) is 0 Å². The fraction of sp³-hybridized carbons (Fsp3) is 0.0769. The van der Waals surface area contributed by atoms with Crippen LogP contribution < -0.4 is 5.32 Å². The molecule has 6 aromatic rings. The van der Waals surface area contributed by atoms with Crippen molar-refractivity contribution in [2.45, 2.75) is 19.3 Å². The van der Waals surface area contributed by atoms with Gasteiger partial charge in [0.25, 0.3) is 0 Å². The summed E-state index contributed by atoms with van der Waals surface area (Å²) in [6.07, 6.45) is 0. The summed E-state index contributed by atoms with van der Waals surface area (Å²) in [7, 11) is 0. The first-order valence-electron chi connectivity index (χ1n) is 14.1. The minimum Gasteiger partial charge on any atom is -0.508 e. The maximum atomic E-state index is 9.96. The average Bonchev–Trinajstić information content (AvgIpc) is 3.03. The predicted molar refractivity (Wildman–Crippen MR) is 174 cm³/mol. The molecular weight excluding hydrogens is 514 g/mol. The maximum Gasteiger partial charge on any atom is 0.115 e. The number of hydrogen-bond acceptors (Lipinski definition) is 3. The molecule has 0 unspecified atom stereocenters. The Morgan fingerprint density at radius 3 is 1.52 bits per heavy atom. The highest BCUT2D eigenvalue weighted by molar-refractivity contribution is 5.93. The molecule has 42 heavy (non-hydrogen) atoms. The molecule has 0 aliphatic heterocycles. The summed E-state index contributed by atoms with van der Waals surface area (Å²) in [4.78, 5) is 0. The van der Waals surface area contributed by atoms with Crippen molar-refractivity contribution in [2.24, 2.45) is 0 Å². The fourth-order valence-corrected chi connectivity index (χ4v) is 5.77. The Hall–Kier alpha value is -5.28. The van der Waals surface area contributed by atoms with Gasteiger partial charge >= 0.3 is 0 Å². The van der Waals surface area contributed by atoms with Crippen LogP contribution in [-0.2, 0) is 5.41 Å². The summed E-state index contributed by atoms with van der Waals surface area (Å²) < 4.78 is 0. The molecule has 6 aromatic carbocycles. The summed E-state index contributed by atoms with van der Waals surface area (Å²) in [6.45, 7) is 4.33. The lowest BCUT2D eigenvalue weighted by atomic mass is 9.71. The minimum absolute atomic E-state index is 0.230. The monoisotopic (exact) mass is 547 g/mol. The molecule has 0 heterocycles. The minimum atomic E-state index is -0.506. The number of rotatable bonds is 7. The quantitative estimate of drug-likeness (QED) is 0.174. The topological polar surface area (TPSA) is 52.5 Å². The van der Waals surface area contributed by atoms with E-state index in [1.54, 1.807) is 24.3 Å². The molecule has 0 amide bonds. The lowest BCUT2D eigenvalue weighted by molar-refractivity contribution is 0.474. The third-order valence-electron chi connectivity index (χ3n) is 8.21. The number of hydrogen-bond donors (Lipinski definition) is 3. The van der Waals surface area contributed by atoms with Crippen LogP contribution in [0.2, 0.25) is 0 Å². The molecular formula is C39H33NO2. The zero-order chi connectivity index (χ0) is 29.1. The highest BCUT2D eigenvalue weighted by atomic mass is 16.3. The number of phenols is 2. The van der Waals surface area contributed by atoms with E-state index < -0.39 is 5.41 Å². The lowest BCUT2D eigenvalue weighted by Crippen LogP contribution is -2.25. The van der Waals surface area contributed by atoms with Crippen LogP contribution >= 0.6 is 0 Å². The van der Waals surface area contributed by atoms with E-state index in [2.05, 4.69) is 110 Å². The van der Waals surface area contributed by atoms with Crippen LogP contribution in [0.25, 0.3) is 22.3 Å². The Kier molecular flexibility index (Phi) is 7.24. The highest BCUT2D eigenvalue weighted by Crippen LogP contribution is 2.42. The Labute approximate surface area is 247 Å². The zero-order valence-corrected chi connectivity index (χ0v) is 23.8. The fourth-order valence-electron chi connectivity index (χ4n) is 5.77. The van der Waals surface area contributed by atoms with Crippen molar-refractivity contribution < 1.29 is 10.2 Å². The van der Waals surface area contributed by atoms with Gasteiger partial charge in [0.2, 0.25) is 0 Å². The highest BCUT2D eigenvalue weighted by Gasteiger charge is 2.31. The maximum absolute atomic E-state index is 9.96. The van der Waals surface area contributed by atoms with E-state index >= 15 is 0 Å². The van der Waals surface area contributed by atoms with Crippen LogP contribution in [0.4, 0.5) is 11.4 Å². The van der Waals surface area contributed by atoms with E-state index in [1.165, 1.54) is 11.1 Å². The lowest BCUT2D eigenvalue weighted by Gasteiger charge is -2.32. The van der Waals surface area contributed by atoms with Crippen LogP contribution in [0.5, 0.6) is 11.5 Å². The van der Waals surface area contributed by atoms with Gasteiger partial charge in [-0.25, -0.2) is 0 Å². The molecule has 0 saturated carbocycles. The molecule has 0 radical (unpaired) electrons. The van der Waals surface area contributed by atoms with E-state index in [1.807, 2.05) is 30.3 Å². The second-order valence-electron chi connectivity index (χ2n) is 10.8. The summed E-state index contributed by atoms with van der Waals surface area (Å²) in [5.41, 5.74) is 10.6. The molecule has 206 valence electrons. The molecule has 3 heteroatoms. The normalized spacial score (nSPS) is 11.3. The summed E-state index contributed by atoms with van der Waals surface area (Å²) in [5, 5.41) is 23.7. The number of aromatic hydroxyl groups is 2. The van der Waals surface area contributed by atoms with Gasteiger partial charge in [0.05, 0.1) is 5.69 Å². The smallest absolute Gasteiger partial charge is 0.115 e. The van der Waals surface area contributed by atoms with Gasteiger partial charge in [0.1, 0.15) is 11.5 Å². The van der Waals surface area contributed by atoms with Crippen LogP contribution in [-0.4, -0.2) is 10.2 Å². The van der Waals surface area contributed by atoms with Crippen molar-refractivity contribution >= 4 is 11.4 Å². The van der Waals surface area contributed by atoms with Gasteiger partial charge in [0.15, 0.2) is 0 Å². The van der Waals surface area contributed by atoms with Gasteiger partial charge in [0, 0.05) is 22.2 Å². The van der Waals surface area contributed by atoms with Gasteiger partial charge in [-0.2, -0.15) is 0 Å². The van der Waals surface area contributed by atoms with Crippen LogP contribution in [0.3, 0.4) is 0 Å². The summed E-state index contributed by atoms with van der Waals surface area (Å²) in [6, 6.07) is 48.7. The first-order valence-corrected chi connectivity index (χ1v) is 14.1. The molecule has 0 bridgehead atoms. The standard InChI is InChI=1S/C39H33NO2/c1-27-9-6-7-12-35(27)37-14-8-13-36(28-10-4-3-5-11-28)38(37)40-32-21-15-29(16-22-32)39(2,30-17-23-33(41)24-18-30)31-19-25-34(42)26-20-31/h3-26,40-42H,1-2H3. The largest absolute Gasteiger partial charge is 0.508 e. The first kappa shape index (κ1) is 26.9. The van der Waals surface area contributed by atoms with Gasteiger partial charge in [-0.05, 0) is 83.6 Å². The van der Waals surface area contributed by atoms with E-state index in [0.29, 0.717) is 0 Å². The van der Waals surface area contributed by atoms with Gasteiger partial charge in [-0.1, -0.05) is 109 Å². The van der Waals surface area contributed by atoms with E-state index in [-0.39, 0.29) is 11.5 Å². The van der Waals surface area contributed by atoms with E-state index in [0.717, 1.165) is 44.8 Å². The molecule has 3 N–H and O–H groups in total. The molecule has 0 atom stereocenters. The molecule has 0 fully saturated rings. The third kappa shape index (κ3) is 5.13. The molecule has 0 spiro atoms. The number of para-hydroxylation sites is 1. The van der Waals surface area contributed by atoms with Crippen molar-refractivity contribution in [3.63, 3.8) is 0 Å². The van der Waals surface area contributed by atoms with Crippen molar-refractivity contribution in [2.75, 3.05) is 5.32 Å². The van der Waals surface area contributed by atoms with E-state index in [9.17, 15) is 10.2 Å². The van der Waals surface area contributed by atoms with Crippen LogP contribution in [0.15, 0.2) is 146 Å².